The van der Waals surface area contributed by atoms with Gasteiger partial charge in [-0.25, -0.2) is 10.9 Å². The number of hydrazone groups is 2. The summed E-state index contributed by atoms with van der Waals surface area (Å²) < 4.78 is 22.7. The minimum absolute atomic E-state index is 0.143. The molecule has 256 valence electrons. The zero-order valence-corrected chi connectivity index (χ0v) is 28.1. The molecule has 0 saturated carbocycles. The van der Waals surface area contributed by atoms with Crippen molar-refractivity contribution < 1.29 is 28.5 Å². The summed E-state index contributed by atoms with van der Waals surface area (Å²) in [5.41, 5.74) is 8.84. The molecule has 4 rings (SSSR count). The van der Waals surface area contributed by atoms with Gasteiger partial charge in [0.15, 0.2) is 23.0 Å². The Bertz CT molecular complexity index is 1540. The maximum Gasteiger partial charge on any atom is 0.240 e. The van der Waals surface area contributed by atoms with E-state index in [-0.39, 0.29) is 11.8 Å². The van der Waals surface area contributed by atoms with E-state index in [0.717, 1.165) is 54.4 Å². The van der Waals surface area contributed by atoms with Gasteiger partial charge in [0.05, 0.1) is 26.6 Å². The highest BCUT2D eigenvalue weighted by molar-refractivity contribution is 5.84. The molecule has 2 amide bonds. The van der Waals surface area contributed by atoms with E-state index in [1.54, 1.807) is 26.6 Å². The lowest BCUT2D eigenvalue weighted by atomic mass is 10.1. The van der Waals surface area contributed by atoms with E-state index < -0.39 is 0 Å². The second-order valence-electron chi connectivity index (χ2n) is 11.2. The Kier molecular flexibility index (Phi) is 15.2. The average Bonchev–Trinajstić information content (AvgIpc) is 3.14. The summed E-state index contributed by atoms with van der Waals surface area (Å²) in [5, 5.41) is 8.15. The molecule has 49 heavy (non-hydrogen) atoms. The maximum absolute atomic E-state index is 12.2. The van der Waals surface area contributed by atoms with Gasteiger partial charge in [0.2, 0.25) is 11.8 Å². The van der Waals surface area contributed by atoms with Crippen molar-refractivity contribution in [2.45, 2.75) is 58.2 Å². The molecule has 0 aliphatic rings. The van der Waals surface area contributed by atoms with Gasteiger partial charge in [-0.2, -0.15) is 10.2 Å². The highest BCUT2D eigenvalue weighted by Gasteiger charge is 2.08. The van der Waals surface area contributed by atoms with Gasteiger partial charge < -0.3 is 18.9 Å². The molecule has 0 bridgehead atoms. The van der Waals surface area contributed by atoms with Gasteiger partial charge in [-0.15, -0.1) is 0 Å². The molecule has 0 aliphatic heterocycles. The third kappa shape index (κ3) is 13.2. The van der Waals surface area contributed by atoms with Crippen molar-refractivity contribution >= 4 is 24.2 Å². The van der Waals surface area contributed by atoms with E-state index >= 15 is 0 Å². The monoisotopic (exact) mass is 664 g/mol. The van der Waals surface area contributed by atoms with E-state index in [4.69, 9.17) is 18.9 Å². The largest absolute Gasteiger partial charge is 0.493 e. The van der Waals surface area contributed by atoms with E-state index in [1.807, 2.05) is 97.1 Å². The van der Waals surface area contributed by atoms with Crippen LogP contribution in [-0.4, -0.2) is 38.5 Å². The zero-order chi connectivity index (χ0) is 34.5. The second kappa shape index (κ2) is 20.6. The topological polar surface area (TPSA) is 120 Å². The van der Waals surface area contributed by atoms with Crippen LogP contribution in [0.3, 0.4) is 0 Å². The normalized spacial score (nSPS) is 11.0. The molecule has 0 fully saturated rings. The van der Waals surface area contributed by atoms with Gasteiger partial charge in [-0.1, -0.05) is 79.9 Å². The van der Waals surface area contributed by atoms with Crippen molar-refractivity contribution in [2.75, 3.05) is 14.2 Å². The number of carbonyl (C=O) groups is 2. The number of nitrogens with one attached hydrogen (secondary N) is 2. The number of rotatable bonds is 20. The Morgan fingerprint density at radius 2 is 0.959 bits per heavy atom. The molecule has 0 spiro atoms. The molecule has 0 saturated heterocycles. The van der Waals surface area contributed by atoms with Gasteiger partial charge in [-0.05, 0) is 71.5 Å². The van der Waals surface area contributed by atoms with Gasteiger partial charge >= 0.3 is 0 Å². The fraction of sp³-hybridized carbons (Fsp3) is 0.282. The fourth-order valence-electron chi connectivity index (χ4n) is 4.81. The Balaban J connectivity index is 1.05. The van der Waals surface area contributed by atoms with E-state index in [2.05, 4.69) is 21.1 Å². The number of nitrogens with zero attached hydrogens (tertiary/aromatic N) is 2. The van der Waals surface area contributed by atoms with Crippen molar-refractivity contribution in [1.29, 1.82) is 0 Å². The van der Waals surface area contributed by atoms with Gasteiger partial charge in [0.25, 0.3) is 0 Å². The van der Waals surface area contributed by atoms with Crippen molar-refractivity contribution in [3.63, 3.8) is 0 Å². The molecule has 2 N–H and O–H groups in total. The number of amides is 2. The highest BCUT2D eigenvalue weighted by Crippen LogP contribution is 2.29. The number of hydrogen-bond acceptors (Lipinski definition) is 8. The number of benzene rings is 4. The molecule has 10 heteroatoms. The highest BCUT2D eigenvalue weighted by atomic mass is 16.5. The first kappa shape index (κ1) is 36.2. The van der Waals surface area contributed by atoms with Crippen LogP contribution in [0.1, 0.15) is 67.2 Å². The molecule has 0 radical (unpaired) electrons. The van der Waals surface area contributed by atoms with Crippen LogP contribution in [-0.2, 0) is 22.8 Å². The summed E-state index contributed by atoms with van der Waals surface area (Å²) in [6, 6.07) is 30.8. The van der Waals surface area contributed by atoms with Gasteiger partial charge in [0, 0.05) is 12.8 Å². The summed E-state index contributed by atoms with van der Waals surface area (Å²) in [6.45, 7) is 0.872. The first-order valence-corrected chi connectivity index (χ1v) is 16.4. The van der Waals surface area contributed by atoms with Gasteiger partial charge in [-0.3, -0.25) is 9.59 Å². The Morgan fingerprint density at radius 1 is 0.551 bits per heavy atom. The molecule has 0 aliphatic carbocycles. The van der Waals surface area contributed by atoms with Crippen LogP contribution in [0.5, 0.6) is 23.0 Å². The van der Waals surface area contributed by atoms with Gasteiger partial charge in [0.1, 0.15) is 13.2 Å². The maximum atomic E-state index is 12.2. The molecule has 0 aromatic heterocycles. The first-order valence-electron chi connectivity index (χ1n) is 16.4. The fourth-order valence-corrected chi connectivity index (χ4v) is 4.81. The van der Waals surface area contributed by atoms with E-state index in [9.17, 15) is 9.59 Å². The number of hydrogen-bond donors (Lipinski definition) is 2. The van der Waals surface area contributed by atoms with Crippen molar-refractivity contribution in [2.24, 2.45) is 10.2 Å². The lowest BCUT2D eigenvalue weighted by Crippen LogP contribution is -2.17. The quantitative estimate of drug-likeness (QED) is 0.0586. The van der Waals surface area contributed by atoms with Crippen molar-refractivity contribution in [1.82, 2.24) is 10.9 Å². The lowest BCUT2D eigenvalue weighted by Gasteiger charge is -2.11. The number of unbranched alkanes of at least 4 members (excludes halogenated alkanes) is 4. The Labute approximate surface area is 288 Å². The standard InChI is InChI=1S/C39H44N4O6/c1-46-36-24-32(20-22-34(36)48-28-30-14-8-6-9-15-30)26-40-42-38(44)18-12-4-3-5-13-19-39(45)43-41-27-33-21-23-35(37(25-33)47-2)49-29-31-16-10-7-11-17-31/h6-11,14-17,20-27H,3-5,12-13,18-19,28-29H2,1-2H3,(H,42,44)(H,43,45). The summed E-state index contributed by atoms with van der Waals surface area (Å²) >= 11 is 0. The molecule has 4 aromatic rings. The zero-order valence-electron chi connectivity index (χ0n) is 28.1. The molecular weight excluding hydrogens is 620 g/mol. The molecule has 0 heterocycles. The third-order valence-corrected chi connectivity index (χ3v) is 7.46. The predicted molar refractivity (Wildman–Crippen MR) is 191 cm³/mol. The molecule has 4 aromatic carbocycles. The van der Waals surface area contributed by atoms with Crippen LogP contribution in [0.4, 0.5) is 0 Å². The minimum atomic E-state index is -0.143. The number of methoxy groups -OCH3 is 2. The first-order chi connectivity index (χ1) is 24.0. The molecule has 0 atom stereocenters. The molecule has 0 unspecified atom stereocenters. The Morgan fingerprint density at radius 3 is 1.37 bits per heavy atom. The SMILES string of the molecule is COc1cc(C=NNC(=O)CCCCCCCC(=O)NN=Cc2ccc(OCc3ccccc3)c(OC)c2)ccc1OCc1ccccc1. The van der Waals surface area contributed by atoms with Crippen LogP contribution in [0.2, 0.25) is 0 Å². The van der Waals surface area contributed by atoms with Crippen LogP contribution in [0.15, 0.2) is 107 Å². The lowest BCUT2D eigenvalue weighted by molar-refractivity contribution is -0.121. The number of carbonyl (C=O) groups excluding carboxylic acids is 2. The third-order valence-electron chi connectivity index (χ3n) is 7.46. The Hall–Kier alpha value is -5.64. The van der Waals surface area contributed by atoms with Crippen LogP contribution in [0.25, 0.3) is 0 Å². The van der Waals surface area contributed by atoms with Crippen molar-refractivity contribution in [3.8, 4) is 23.0 Å². The number of ether oxygens (including phenoxy) is 4. The van der Waals surface area contributed by atoms with Crippen LogP contribution in [0, 0.1) is 0 Å². The average molecular weight is 665 g/mol. The second-order valence-corrected chi connectivity index (χ2v) is 11.2. The van der Waals surface area contributed by atoms with E-state index in [0.29, 0.717) is 49.1 Å². The summed E-state index contributed by atoms with van der Waals surface area (Å²) in [4.78, 5) is 24.4. The summed E-state index contributed by atoms with van der Waals surface area (Å²) in [5.74, 6) is 2.15. The minimum Gasteiger partial charge on any atom is -0.493 e. The summed E-state index contributed by atoms with van der Waals surface area (Å²) in [7, 11) is 3.17. The van der Waals surface area contributed by atoms with Crippen LogP contribution >= 0.6 is 0 Å². The smallest absolute Gasteiger partial charge is 0.240 e. The van der Waals surface area contributed by atoms with Crippen molar-refractivity contribution in [3.05, 3.63) is 119 Å². The van der Waals surface area contributed by atoms with E-state index in [1.165, 1.54) is 0 Å². The predicted octanol–water partition coefficient (Wildman–Crippen LogP) is 7.19. The summed E-state index contributed by atoms with van der Waals surface area (Å²) in [6.07, 6.45) is 8.14. The molecular formula is C39H44N4O6. The molecule has 10 nitrogen and oxygen atoms in total. The van der Waals surface area contributed by atoms with Crippen LogP contribution < -0.4 is 29.8 Å².